The van der Waals surface area contributed by atoms with Crippen LogP contribution in [0.4, 0.5) is 8.78 Å². The predicted molar refractivity (Wildman–Crippen MR) is 120 cm³/mol. The van der Waals surface area contributed by atoms with Crippen LogP contribution in [-0.4, -0.2) is 65.7 Å². The molecular weight excluding hydrogens is 560 g/mol. The van der Waals surface area contributed by atoms with Crippen LogP contribution in [0.2, 0.25) is 5.02 Å². The van der Waals surface area contributed by atoms with Gasteiger partial charge in [-0.2, -0.15) is 5.26 Å². The Morgan fingerprint density at radius 3 is 2.59 bits per heavy atom. The third kappa shape index (κ3) is 4.80. The van der Waals surface area contributed by atoms with Gasteiger partial charge in [-0.1, -0.05) is 28.6 Å². The fraction of sp³-hybridized carbons (Fsp3) is 0.300. The van der Waals surface area contributed by atoms with Gasteiger partial charge in [-0.3, -0.25) is 0 Å². The van der Waals surface area contributed by atoms with Gasteiger partial charge in [0.2, 0.25) is 0 Å². The third-order valence-corrected chi connectivity index (χ3v) is 7.09. The standard InChI is InChI=1S/C20H15BrClF2N5O4S/c21-9-3-15(12(4-25)26-5-9)34-20-19(32)17(18(31)14(7-30)33-20)29-6-13(27-28-29)8-1-10(23)16(22)11(24)2-8/h1-3,5-6,14,17-20,30-32H,7H2/t14?,17?,18-,19?,20+/m0/s1. The minimum Gasteiger partial charge on any atom is -0.394 e. The van der Waals surface area contributed by atoms with E-state index >= 15 is 0 Å². The van der Waals surface area contributed by atoms with Crippen LogP contribution in [0.15, 0.2) is 40.0 Å². The lowest BCUT2D eigenvalue weighted by atomic mass is 9.97. The largest absolute Gasteiger partial charge is 0.394 e. The average molecular weight is 575 g/mol. The Hall–Kier alpha value is -2.18. The van der Waals surface area contributed by atoms with Crippen LogP contribution in [0.5, 0.6) is 0 Å². The van der Waals surface area contributed by atoms with E-state index in [4.69, 9.17) is 16.3 Å². The second-order valence-electron chi connectivity index (χ2n) is 7.26. The first-order chi connectivity index (χ1) is 16.2. The van der Waals surface area contributed by atoms with Crippen molar-refractivity contribution in [2.75, 3.05) is 6.61 Å². The smallest absolute Gasteiger partial charge is 0.154 e. The molecule has 3 heterocycles. The molecule has 0 radical (unpaired) electrons. The first-order valence-corrected chi connectivity index (χ1v) is 11.7. The molecule has 3 aromatic rings. The van der Waals surface area contributed by atoms with Crippen LogP contribution in [-0.2, 0) is 4.74 Å². The maximum Gasteiger partial charge on any atom is 0.154 e. The van der Waals surface area contributed by atoms with Crippen LogP contribution in [0.25, 0.3) is 11.3 Å². The molecule has 34 heavy (non-hydrogen) atoms. The molecule has 14 heteroatoms. The molecule has 1 aliphatic rings. The lowest BCUT2D eigenvalue weighted by Crippen LogP contribution is -2.55. The Morgan fingerprint density at radius 2 is 1.94 bits per heavy atom. The van der Waals surface area contributed by atoms with Crippen molar-refractivity contribution in [2.45, 2.75) is 34.7 Å². The van der Waals surface area contributed by atoms with Gasteiger partial charge in [0, 0.05) is 21.1 Å². The first kappa shape index (κ1) is 24.9. The number of nitrogens with zero attached hydrogens (tertiary/aromatic N) is 5. The van der Waals surface area contributed by atoms with E-state index in [-0.39, 0.29) is 17.0 Å². The number of rotatable bonds is 5. The molecule has 2 aromatic heterocycles. The van der Waals surface area contributed by atoms with Crippen LogP contribution in [0.1, 0.15) is 11.7 Å². The van der Waals surface area contributed by atoms with Gasteiger partial charge in [-0.25, -0.2) is 18.4 Å². The normalized spacial score (nSPS) is 24.7. The summed E-state index contributed by atoms with van der Waals surface area (Å²) in [5.41, 5.74) is -0.827. The van der Waals surface area contributed by atoms with Crippen molar-refractivity contribution < 1.29 is 28.8 Å². The Bertz CT molecular complexity index is 1240. The average Bonchev–Trinajstić information content (AvgIpc) is 3.29. The number of aliphatic hydroxyl groups is 3. The molecule has 1 saturated heterocycles. The van der Waals surface area contributed by atoms with Crippen LogP contribution >= 0.6 is 39.3 Å². The van der Waals surface area contributed by atoms with Gasteiger partial charge in [0.05, 0.1) is 12.8 Å². The molecular formula is C20H15BrClF2N5O4S. The fourth-order valence-corrected chi connectivity index (χ4v) is 5.20. The lowest BCUT2D eigenvalue weighted by Gasteiger charge is -2.41. The summed E-state index contributed by atoms with van der Waals surface area (Å²) >= 11 is 9.78. The maximum absolute atomic E-state index is 13.9. The van der Waals surface area contributed by atoms with E-state index in [1.807, 2.05) is 6.07 Å². The lowest BCUT2D eigenvalue weighted by molar-refractivity contribution is -0.178. The second kappa shape index (κ2) is 10.2. The summed E-state index contributed by atoms with van der Waals surface area (Å²) in [6.07, 6.45) is -1.15. The number of aliphatic hydroxyl groups excluding tert-OH is 3. The minimum absolute atomic E-state index is 0.0465. The number of aromatic nitrogens is 4. The number of benzene rings is 1. The summed E-state index contributed by atoms with van der Waals surface area (Å²) in [7, 11) is 0. The third-order valence-electron chi connectivity index (χ3n) is 5.11. The zero-order valence-electron chi connectivity index (χ0n) is 16.9. The number of pyridine rings is 1. The molecule has 0 amide bonds. The number of hydrogen-bond donors (Lipinski definition) is 3. The monoisotopic (exact) mass is 573 g/mol. The molecule has 3 unspecified atom stereocenters. The zero-order chi connectivity index (χ0) is 24.6. The fourth-order valence-electron chi connectivity index (χ4n) is 3.46. The Kier molecular flexibility index (Phi) is 7.48. The second-order valence-corrected chi connectivity index (χ2v) is 9.70. The zero-order valence-corrected chi connectivity index (χ0v) is 20.0. The summed E-state index contributed by atoms with van der Waals surface area (Å²) in [6.45, 7) is -0.571. The summed E-state index contributed by atoms with van der Waals surface area (Å²) < 4.78 is 35.2. The number of thioether (sulfide) groups is 1. The summed E-state index contributed by atoms with van der Waals surface area (Å²) in [5.74, 6) is -1.96. The molecule has 0 bridgehead atoms. The molecule has 9 nitrogen and oxygen atoms in total. The number of hydrogen-bond acceptors (Lipinski definition) is 9. The molecule has 5 atom stereocenters. The predicted octanol–water partition coefficient (Wildman–Crippen LogP) is 2.68. The topological polar surface area (TPSA) is 137 Å². The van der Waals surface area contributed by atoms with Gasteiger partial charge in [0.15, 0.2) is 5.69 Å². The van der Waals surface area contributed by atoms with Gasteiger partial charge < -0.3 is 20.1 Å². The molecule has 0 spiro atoms. The van der Waals surface area contributed by atoms with Gasteiger partial charge in [0.1, 0.15) is 58.2 Å². The van der Waals surface area contributed by atoms with E-state index in [1.54, 1.807) is 6.07 Å². The van der Waals surface area contributed by atoms with Crippen molar-refractivity contribution in [2.24, 2.45) is 0 Å². The molecule has 178 valence electrons. The van der Waals surface area contributed by atoms with Crippen molar-refractivity contribution in [1.82, 2.24) is 20.0 Å². The van der Waals surface area contributed by atoms with Gasteiger partial charge >= 0.3 is 0 Å². The highest BCUT2D eigenvalue weighted by Crippen LogP contribution is 2.39. The Morgan fingerprint density at radius 1 is 1.24 bits per heavy atom. The summed E-state index contributed by atoms with van der Waals surface area (Å²) in [4.78, 5) is 4.41. The molecule has 1 fully saturated rings. The number of ether oxygens (including phenoxy) is 1. The van der Waals surface area contributed by atoms with Crippen LogP contribution < -0.4 is 0 Å². The van der Waals surface area contributed by atoms with E-state index < -0.39 is 53.1 Å². The Labute approximate surface area is 209 Å². The van der Waals surface area contributed by atoms with E-state index in [9.17, 15) is 29.4 Å². The summed E-state index contributed by atoms with van der Waals surface area (Å²) in [5, 5.41) is 48.0. The molecule has 1 aromatic carbocycles. The number of nitriles is 1. The van der Waals surface area contributed by atoms with Gasteiger partial charge in [0.25, 0.3) is 0 Å². The van der Waals surface area contributed by atoms with E-state index in [1.165, 1.54) is 12.4 Å². The summed E-state index contributed by atoms with van der Waals surface area (Å²) in [6, 6.07) is 4.40. The van der Waals surface area contributed by atoms with E-state index in [0.29, 0.717) is 9.37 Å². The molecule has 3 N–H and O–H groups in total. The Balaban J connectivity index is 1.66. The maximum atomic E-state index is 13.9. The highest BCUT2D eigenvalue weighted by molar-refractivity contribution is 9.10. The van der Waals surface area contributed by atoms with Crippen LogP contribution in [0.3, 0.4) is 0 Å². The minimum atomic E-state index is -1.40. The van der Waals surface area contributed by atoms with Crippen LogP contribution in [0, 0.1) is 23.0 Å². The molecule has 4 rings (SSSR count). The quantitative estimate of drug-likeness (QED) is 0.393. The van der Waals surface area contributed by atoms with Crippen molar-refractivity contribution in [3.63, 3.8) is 0 Å². The molecule has 1 aliphatic heterocycles. The first-order valence-electron chi connectivity index (χ1n) is 9.65. The molecule has 0 aliphatic carbocycles. The van der Waals surface area contributed by atoms with E-state index in [0.717, 1.165) is 28.6 Å². The van der Waals surface area contributed by atoms with Gasteiger partial charge in [-0.05, 0) is 34.1 Å². The van der Waals surface area contributed by atoms with Crippen molar-refractivity contribution in [3.8, 4) is 17.3 Å². The van der Waals surface area contributed by atoms with Gasteiger partial charge in [-0.15, -0.1) is 5.10 Å². The van der Waals surface area contributed by atoms with Crippen molar-refractivity contribution >= 4 is 39.3 Å². The molecule has 0 saturated carbocycles. The highest BCUT2D eigenvalue weighted by Gasteiger charge is 2.46. The highest BCUT2D eigenvalue weighted by atomic mass is 79.9. The SMILES string of the molecule is N#Cc1ncc(Br)cc1S[C@H]1OC(CO)[C@H](O)C(n2cc(-c3cc(F)c(Cl)c(F)c3)nn2)C1O. The van der Waals surface area contributed by atoms with Crippen molar-refractivity contribution in [3.05, 3.63) is 57.4 Å². The number of halogens is 4. The van der Waals surface area contributed by atoms with E-state index in [2.05, 4.69) is 31.2 Å². The van der Waals surface area contributed by atoms with Crippen molar-refractivity contribution in [1.29, 1.82) is 5.26 Å².